The fourth-order valence-corrected chi connectivity index (χ4v) is 2.28. The largest absolute Gasteiger partial charge is 0.366 e. The van der Waals surface area contributed by atoms with Crippen LogP contribution in [0.15, 0.2) is 6.20 Å². The molecule has 0 aliphatic heterocycles. The Balaban J connectivity index is 2.06. The van der Waals surface area contributed by atoms with Crippen LogP contribution in [0.1, 0.15) is 56.6 Å². The summed E-state index contributed by atoms with van der Waals surface area (Å²) in [5.74, 6) is 0.845. The molecule has 1 fully saturated rings. The number of anilines is 1. The molecule has 4 heteroatoms. The van der Waals surface area contributed by atoms with Crippen molar-refractivity contribution in [1.29, 1.82) is 0 Å². The van der Waals surface area contributed by atoms with Gasteiger partial charge in [0.2, 0.25) is 5.95 Å². The van der Waals surface area contributed by atoms with Gasteiger partial charge in [-0.1, -0.05) is 32.1 Å². The molecule has 1 aromatic heterocycles. The summed E-state index contributed by atoms with van der Waals surface area (Å²) in [7, 11) is 0. The van der Waals surface area contributed by atoms with Crippen LogP contribution in [0.3, 0.4) is 0 Å². The second-order valence-corrected chi connectivity index (χ2v) is 4.28. The quantitative estimate of drug-likeness (QED) is 0.765. The predicted molar refractivity (Wildman–Crippen MR) is 59.3 cm³/mol. The standard InChI is InChI=1S/C11H18N4/c12-11-14-10(8-13-15-11)9-6-4-2-1-3-5-7-9/h8-9H,1-7H2,(H2,12,14,15). The van der Waals surface area contributed by atoms with E-state index >= 15 is 0 Å². The van der Waals surface area contributed by atoms with Crippen LogP contribution in [-0.2, 0) is 0 Å². The van der Waals surface area contributed by atoms with Crippen LogP contribution in [-0.4, -0.2) is 15.2 Å². The van der Waals surface area contributed by atoms with Gasteiger partial charge in [-0.3, -0.25) is 0 Å². The Labute approximate surface area is 90.3 Å². The first kappa shape index (κ1) is 10.3. The molecular formula is C11H18N4. The van der Waals surface area contributed by atoms with E-state index in [9.17, 15) is 0 Å². The molecule has 0 radical (unpaired) electrons. The van der Waals surface area contributed by atoms with Crippen LogP contribution in [0, 0.1) is 0 Å². The third kappa shape index (κ3) is 2.88. The zero-order valence-corrected chi connectivity index (χ0v) is 9.02. The van der Waals surface area contributed by atoms with Crippen molar-refractivity contribution in [3.05, 3.63) is 11.9 Å². The summed E-state index contributed by atoms with van der Waals surface area (Å²) in [5, 5.41) is 7.57. The van der Waals surface area contributed by atoms with Gasteiger partial charge in [0.05, 0.1) is 11.9 Å². The van der Waals surface area contributed by atoms with Gasteiger partial charge in [0, 0.05) is 5.92 Å². The summed E-state index contributed by atoms with van der Waals surface area (Å²) in [6.45, 7) is 0. The number of nitrogens with two attached hydrogens (primary N) is 1. The fraction of sp³-hybridized carbons (Fsp3) is 0.727. The third-order valence-electron chi connectivity index (χ3n) is 3.12. The van der Waals surface area contributed by atoms with Gasteiger partial charge in [0.15, 0.2) is 0 Å². The molecule has 82 valence electrons. The van der Waals surface area contributed by atoms with E-state index in [0.717, 1.165) is 5.69 Å². The summed E-state index contributed by atoms with van der Waals surface area (Å²) in [6, 6.07) is 0. The van der Waals surface area contributed by atoms with Crippen LogP contribution in [0.2, 0.25) is 0 Å². The van der Waals surface area contributed by atoms with Gasteiger partial charge < -0.3 is 5.73 Å². The number of nitrogens with zero attached hydrogens (tertiary/aromatic N) is 3. The second kappa shape index (κ2) is 5.05. The lowest BCUT2D eigenvalue weighted by Gasteiger charge is -2.18. The van der Waals surface area contributed by atoms with E-state index in [-0.39, 0.29) is 0 Å². The van der Waals surface area contributed by atoms with E-state index in [2.05, 4.69) is 15.2 Å². The Bertz CT molecular complexity index is 305. The first-order chi connectivity index (χ1) is 7.36. The Morgan fingerprint density at radius 3 is 2.40 bits per heavy atom. The van der Waals surface area contributed by atoms with Crippen LogP contribution in [0.5, 0.6) is 0 Å². The predicted octanol–water partition coefficient (Wildman–Crippen LogP) is 2.28. The summed E-state index contributed by atoms with van der Waals surface area (Å²) in [5.41, 5.74) is 6.58. The maximum absolute atomic E-state index is 5.55. The van der Waals surface area contributed by atoms with E-state index in [1.165, 1.54) is 44.9 Å². The van der Waals surface area contributed by atoms with Crippen LogP contribution >= 0.6 is 0 Å². The highest BCUT2D eigenvalue weighted by Crippen LogP contribution is 2.29. The lowest BCUT2D eigenvalue weighted by atomic mass is 9.89. The molecule has 1 aliphatic rings. The summed E-state index contributed by atoms with van der Waals surface area (Å²) in [6.07, 6.45) is 10.9. The van der Waals surface area contributed by atoms with E-state index in [1.807, 2.05) is 0 Å². The third-order valence-corrected chi connectivity index (χ3v) is 3.12. The average molecular weight is 206 g/mol. The maximum atomic E-state index is 5.55. The molecule has 0 aromatic carbocycles. The van der Waals surface area contributed by atoms with Crippen LogP contribution in [0.4, 0.5) is 5.95 Å². The van der Waals surface area contributed by atoms with Crippen molar-refractivity contribution < 1.29 is 0 Å². The zero-order chi connectivity index (χ0) is 10.5. The summed E-state index contributed by atoms with van der Waals surface area (Å²) < 4.78 is 0. The van der Waals surface area contributed by atoms with E-state index in [4.69, 9.17) is 5.73 Å². The Hall–Kier alpha value is -1.19. The van der Waals surface area contributed by atoms with Gasteiger partial charge in [-0.15, -0.1) is 5.10 Å². The molecule has 2 rings (SSSR count). The molecular weight excluding hydrogens is 188 g/mol. The number of hydrogen-bond acceptors (Lipinski definition) is 4. The minimum Gasteiger partial charge on any atom is -0.366 e. The van der Waals surface area contributed by atoms with Crippen molar-refractivity contribution in [2.75, 3.05) is 5.73 Å². The lowest BCUT2D eigenvalue weighted by Crippen LogP contribution is -2.08. The van der Waals surface area contributed by atoms with Crippen molar-refractivity contribution in [3.63, 3.8) is 0 Å². The van der Waals surface area contributed by atoms with E-state index < -0.39 is 0 Å². The number of nitrogen functional groups attached to an aromatic ring is 1. The first-order valence-corrected chi connectivity index (χ1v) is 5.81. The lowest BCUT2D eigenvalue weighted by molar-refractivity contribution is 0.448. The SMILES string of the molecule is Nc1nncc(C2CCCCCCC2)n1. The summed E-state index contributed by atoms with van der Waals surface area (Å²) >= 11 is 0. The van der Waals surface area contributed by atoms with Gasteiger partial charge >= 0.3 is 0 Å². The zero-order valence-electron chi connectivity index (χ0n) is 9.02. The van der Waals surface area contributed by atoms with Crippen molar-refractivity contribution in [2.24, 2.45) is 0 Å². The van der Waals surface area contributed by atoms with E-state index in [1.54, 1.807) is 6.20 Å². The number of hydrogen-bond donors (Lipinski definition) is 1. The Morgan fingerprint density at radius 1 is 1.07 bits per heavy atom. The first-order valence-electron chi connectivity index (χ1n) is 5.81. The molecule has 0 spiro atoms. The molecule has 2 N–H and O–H groups in total. The number of rotatable bonds is 1. The second-order valence-electron chi connectivity index (χ2n) is 4.28. The van der Waals surface area contributed by atoms with Crippen molar-refractivity contribution >= 4 is 5.95 Å². The van der Waals surface area contributed by atoms with Crippen LogP contribution in [0.25, 0.3) is 0 Å². The van der Waals surface area contributed by atoms with Crippen molar-refractivity contribution in [3.8, 4) is 0 Å². The van der Waals surface area contributed by atoms with Crippen molar-refractivity contribution in [2.45, 2.75) is 50.9 Å². The topological polar surface area (TPSA) is 64.7 Å². The molecule has 1 saturated carbocycles. The van der Waals surface area contributed by atoms with Crippen molar-refractivity contribution in [1.82, 2.24) is 15.2 Å². The van der Waals surface area contributed by atoms with Gasteiger partial charge in [-0.25, -0.2) is 4.98 Å². The molecule has 0 bridgehead atoms. The molecule has 0 atom stereocenters. The molecule has 1 aliphatic carbocycles. The highest BCUT2D eigenvalue weighted by atomic mass is 15.2. The molecule has 1 heterocycles. The monoisotopic (exact) mass is 206 g/mol. The minimum absolute atomic E-state index is 0.301. The van der Waals surface area contributed by atoms with E-state index in [0.29, 0.717) is 11.9 Å². The van der Waals surface area contributed by atoms with Gasteiger partial charge in [0.25, 0.3) is 0 Å². The van der Waals surface area contributed by atoms with Gasteiger partial charge in [0.1, 0.15) is 0 Å². The smallest absolute Gasteiger partial charge is 0.240 e. The van der Waals surface area contributed by atoms with Crippen LogP contribution < -0.4 is 5.73 Å². The average Bonchev–Trinajstić information content (AvgIpc) is 2.16. The number of aromatic nitrogens is 3. The van der Waals surface area contributed by atoms with Gasteiger partial charge in [-0.2, -0.15) is 5.10 Å². The molecule has 0 saturated heterocycles. The highest BCUT2D eigenvalue weighted by Gasteiger charge is 2.15. The Kier molecular flexibility index (Phi) is 3.48. The summed E-state index contributed by atoms with van der Waals surface area (Å²) in [4.78, 5) is 4.27. The normalized spacial score (nSPS) is 19.5. The maximum Gasteiger partial charge on any atom is 0.240 e. The molecule has 0 unspecified atom stereocenters. The molecule has 15 heavy (non-hydrogen) atoms. The highest BCUT2D eigenvalue weighted by molar-refractivity contribution is 5.16. The minimum atomic E-state index is 0.301. The molecule has 1 aromatic rings. The fourth-order valence-electron chi connectivity index (χ4n) is 2.28. The molecule has 0 amide bonds. The van der Waals surface area contributed by atoms with Gasteiger partial charge in [-0.05, 0) is 12.8 Å². The Morgan fingerprint density at radius 2 is 1.73 bits per heavy atom. The molecule has 4 nitrogen and oxygen atoms in total.